The van der Waals surface area contributed by atoms with E-state index >= 15 is 0 Å². The van der Waals surface area contributed by atoms with Gasteiger partial charge in [-0.05, 0) is 17.5 Å². The van der Waals surface area contributed by atoms with Crippen molar-refractivity contribution in [3.05, 3.63) is 35.4 Å². The summed E-state index contributed by atoms with van der Waals surface area (Å²) < 4.78 is 0. The molecule has 0 heterocycles. The molecule has 0 aliphatic heterocycles. The minimum atomic E-state index is 0.0876. The zero-order chi connectivity index (χ0) is 8.97. The van der Waals surface area contributed by atoms with E-state index in [0.717, 1.165) is 17.5 Å². The third-order valence-corrected chi connectivity index (χ3v) is 2.00. The molecule has 0 radical (unpaired) electrons. The van der Waals surface area contributed by atoms with Crippen LogP contribution in [0.4, 0.5) is 0 Å². The third-order valence-electron chi connectivity index (χ3n) is 2.00. The molecule has 1 atom stereocenters. The highest BCUT2D eigenvalue weighted by molar-refractivity contribution is 5.25. The summed E-state index contributed by atoms with van der Waals surface area (Å²) in [6, 6.07) is 7.86. The Balaban J connectivity index is 2.86. The SMILES string of the molecule is CC[C@H](N)c1cccc(CO)c1. The largest absolute Gasteiger partial charge is 0.392 e. The van der Waals surface area contributed by atoms with Crippen molar-refractivity contribution in [2.45, 2.75) is 26.0 Å². The van der Waals surface area contributed by atoms with Crippen molar-refractivity contribution >= 4 is 0 Å². The van der Waals surface area contributed by atoms with E-state index in [2.05, 4.69) is 6.92 Å². The molecular formula is C10H15NO. The number of rotatable bonds is 3. The molecule has 0 spiro atoms. The third kappa shape index (κ3) is 2.06. The molecule has 0 saturated heterocycles. The second kappa shape index (κ2) is 4.24. The van der Waals surface area contributed by atoms with Crippen molar-refractivity contribution < 1.29 is 5.11 Å². The standard InChI is InChI=1S/C10H15NO/c1-2-10(11)9-5-3-4-8(6-9)7-12/h3-6,10,12H,2,7,11H2,1H3/t10-/m0/s1. The van der Waals surface area contributed by atoms with E-state index in [0.29, 0.717) is 0 Å². The van der Waals surface area contributed by atoms with Crippen molar-refractivity contribution in [3.8, 4) is 0 Å². The molecule has 0 bridgehead atoms. The van der Waals surface area contributed by atoms with E-state index in [1.807, 2.05) is 24.3 Å². The normalized spacial score (nSPS) is 12.9. The fraction of sp³-hybridized carbons (Fsp3) is 0.400. The minimum absolute atomic E-state index is 0.0876. The van der Waals surface area contributed by atoms with E-state index in [-0.39, 0.29) is 12.6 Å². The Labute approximate surface area is 73.0 Å². The zero-order valence-electron chi connectivity index (χ0n) is 7.33. The van der Waals surface area contributed by atoms with E-state index in [1.54, 1.807) is 0 Å². The molecule has 1 aromatic carbocycles. The average Bonchev–Trinajstić information content (AvgIpc) is 2.17. The van der Waals surface area contributed by atoms with Gasteiger partial charge < -0.3 is 10.8 Å². The Morgan fingerprint density at radius 3 is 2.83 bits per heavy atom. The van der Waals surface area contributed by atoms with Crippen LogP contribution in [0.1, 0.15) is 30.5 Å². The van der Waals surface area contributed by atoms with Crippen molar-refractivity contribution in [1.82, 2.24) is 0 Å². The van der Waals surface area contributed by atoms with Gasteiger partial charge in [0.15, 0.2) is 0 Å². The highest BCUT2D eigenvalue weighted by Gasteiger charge is 2.02. The Kier molecular flexibility index (Phi) is 3.26. The van der Waals surface area contributed by atoms with Crippen LogP contribution in [0.5, 0.6) is 0 Å². The van der Waals surface area contributed by atoms with Crippen molar-refractivity contribution in [2.24, 2.45) is 5.73 Å². The maximum atomic E-state index is 8.88. The molecule has 3 N–H and O–H groups in total. The molecule has 0 unspecified atom stereocenters. The molecule has 12 heavy (non-hydrogen) atoms. The summed E-state index contributed by atoms with van der Waals surface area (Å²) in [5, 5.41) is 8.88. The summed E-state index contributed by atoms with van der Waals surface area (Å²) in [5.74, 6) is 0. The summed E-state index contributed by atoms with van der Waals surface area (Å²) in [7, 11) is 0. The van der Waals surface area contributed by atoms with Crippen LogP contribution in [-0.4, -0.2) is 5.11 Å². The van der Waals surface area contributed by atoms with Crippen molar-refractivity contribution in [2.75, 3.05) is 0 Å². The lowest BCUT2D eigenvalue weighted by molar-refractivity contribution is 0.281. The van der Waals surface area contributed by atoms with Crippen LogP contribution in [0.15, 0.2) is 24.3 Å². The van der Waals surface area contributed by atoms with Gasteiger partial charge in [0.1, 0.15) is 0 Å². The van der Waals surface area contributed by atoms with Gasteiger partial charge >= 0.3 is 0 Å². The first kappa shape index (κ1) is 9.23. The minimum Gasteiger partial charge on any atom is -0.392 e. The van der Waals surface area contributed by atoms with Gasteiger partial charge in [-0.3, -0.25) is 0 Å². The highest BCUT2D eigenvalue weighted by atomic mass is 16.3. The van der Waals surface area contributed by atoms with Gasteiger partial charge in [-0.2, -0.15) is 0 Å². The van der Waals surface area contributed by atoms with Crippen LogP contribution in [0.25, 0.3) is 0 Å². The average molecular weight is 165 g/mol. The maximum Gasteiger partial charge on any atom is 0.0681 e. The van der Waals surface area contributed by atoms with Gasteiger partial charge in [0.2, 0.25) is 0 Å². The first-order chi connectivity index (χ1) is 5.77. The summed E-state index contributed by atoms with van der Waals surface area (Å²) in [6.07, 6.45) is 0.925. The number of hydrogen-bond donors (Lipinski definition) is 2. The number of aliphatic hydroxyl groups excluding tert-OH is 1. The summed E-state index contributed by atoms with van der Waals surface area (Å²) >= 11 is 0. The van der Waals surface area contributed by atoms with Gasteiger partial charge in [0, 0.05) is 6.04 Å². The highest BCUT2D eigenvalue weighted by Crippen LogP contribution is 2.14. The topological polar surface area (TPSA) is 46.2 Å². The van der Waals surface area contributed by atoms with Crippen molar-refractivity contribution in [1.29, 1.82) is 0 Å². The molecule has 0 aliphatic carbocycles. The first-order valence-electron chi connectivity index (χ1n) is 4.23. The number of nitrogens with two attached hydrogens (primary N) is 1. The van der Waals surface area contributed by atoms with E-state index < -0.39 is 0 Å². The molecule has 0 aliphatic rings. The van der Waals surface area contributed by atoms with Crippen LogP contribution in [-0.2, 0) is 6.61 Å². The van der Waals surface area contributed by atoms with Gasteiger partial charge in [0.05, 0.1) is 6.61 Å². The predicted molar refractivity (Wildman–Crippen MR) is 49.6 cm³/mol. The fourth-order valence-electron chi connectivity index (χ4n) is 1.16. The smallest absolute Gasteiger partial charge is 0.0681 e. The van der Waals surface area contributed by atoms with Crippen LogP contribution in [0.3, 0.4) is 0 Å². The molecule has 0 amide bonds. The lowest BCUT2D eigenvalue weighted by atomic mass is 10.0. The van der Waals surface area contributed by atoms with E-state index in [1.165, 1.54) is 0 Å². The zero-order valence-corrected chi connectivity index (χ0v) is 7.33. The van der Waals surface area contributed by atoms with Crippen LogP contribution < -0.4 is 5.73 Å². The Morgan fingerprint density at radius 1 is 1.50 bits per heavy atom. The Morgan fingerprint density at radius 2 is 2.25 bits per heavy atom. The number of aliphatic hydroxyl groups is 1. The molecule has 0 aromatic heterocycles. The van der Waals surface area contributed by atoms with E-state index in [9.17, 15) is 0 Å². The van der Waals surface area contributed by atoms with Gasteiger partial charge in [-0.1, -0.05) is 31.2 Å². The molecule has 0 fully saturated rings. The van der Waals surface area contributed by atoms with Crippen molar-refractivity contribution in [3.63, 3.8) is 0 Å². The van der Waals surface area contributed by atoms with Gasteiger partial charge in [0.25, 0.3) is 0 Å². The first-order valence-corrected chi connectivity index (χ1v) is 4.23. The number of benzene rings is 1. The summed E-state index contributed by atoms with van der Waals surface area (Å²) in [4.78, 5) is 0. The summed E-state index contributed by atoms with van der Waals surface area (Å²) in [6.45, 7) is 2.14. The Bertz CT molecular complexity index is 247. The molecule has 1 rings (SSSR count). The molecule has 66 valence electrons. The summed E-state index contributed by atoms with van der Waals surface area (Å²) in [5.41, 5.74) is 7.86. The maximum absolute atomic E-state index is 8.88. The predicted octanol–water partition coefficient (Wildman–Crippen LogP) is 1.59. The molecular weight excluding hydrogens is 150 g/mol. The number of hydrogen-bond acceptors (Lipinski definition) is 2. The monoisotopic (exact) mass is 165 g/mol. The van der Waals surface area contributed by atoms with Crippen LogP contribution in [0.2, 0.25) is 0 Å². The quantitative estimate of drug-likeness (QED) is 0.714. The molecule has 1 aromatic rings. The Hall–Kier alpha value is -0.860. The van der Waals surface area contributed by atoms with E-state index in [4.69, 9.17) is 10.8 Å². The lowest BCUT2D eigenvalue weighted by Gasteiger charge is -2.09. The van der Waals surface area contributed by atoms with Crippen LogP contribution >= 0.6 is 0 Å². The molecule has 2 heteroatoms. The molecule has 2 nitrogen and oxygen atoms in total. The second-order valence-electron chi connectivity index (χ2n) is 2.92. The van der Waals surface area contributed by atoms with Gasteiger partial charge in [-0.15, -0.1) is 0 Å². The second-order valence-corrected chi connectivity index (χ2v) is 2.92. The van der Waals surface area contributed by atoms with Crippen LogP contribution in [0, 0.1) is 0 Å². The molecule has 0 saturated carbocycles. The van der Waals surface area contributed by atoms with Gasteiger partial charge in [-0.25, -0.2) is 0 Å². The lowest BCUT2D eigenvalue weighted by Crippen LogP contribution is -2.08. The fourth-order valence-corrected chi connectivity index (χ4v) is 1.16.